The number of rotatable bonds is 1. The fourth-order valence-electron chi connectivity index (χ4n) is 3.11. The molecule has 1 saturated heterocycles. The Kier molecular flexibility index (Phi) is 1.63. The Hall–Kier alpha value is -0.560. The van der Waals surface area contributed by atoms with Gasteiger partial charge in [-0.2, -0.15) is 0 Å². The normalized spacial score (nSPS) is 43.2. The molecule has 1 heteroatoms. The molecule has 0 amide bonds. The summed E-state index contributed by atoms with van der Waals surface area (Å²) in [6.07, 6.45) is 9.70. The van der Waals surface area contributed by atoms with Crippen LogP contribution in [0.3, 0.4) is 0 Å². The summed E-state index contributed by atoms with van der Waals surface area (Å²) in [6.45, 7) is 2.67. The molecule has 13 heavy (non-hydrogen) atoms. The van der Waals surface area contributed by atoms with Gasteiger partial charge in [-0.3, -0.25) is 0 Å². The molecule has 0 spiro atoms. The monoisotopic (exact) mass is 175 g/mol. The van der Waals surface area contributed by atoms with Gasteiger partial charge in [0.25, 0.3) is 0 Å². The second-order valence-corrected chi connectivity index (χ2v) is 4.76. The molecule has 1 aliphatic heterocycles. The number of piperidine rings is 1. The Balaban J connectivity index is 1.71. The van der Waals surface area contributed by atoms with Crippen molar-refractivity contribution in [2.24, 2.45) is 17.8 Å². The van der Waals surface area contributed by atoms with Gasteiger partial charge in [-0.25, -0.2) is 0 Å². The maximum Gasteiger partial charge on any atom is 0.00160 e. The van der Waals surface area contributed by atoms with E-state index in [9.17, 15) is 0 Å². The van der Waals surface area contributed by atoms with Crippen LogP contribution in [-0.4, -0.2) is 25.0 Å². The van der Waals surface area contributed by atoms with Gasteiger partial charge in [0, 0.05) is 13.1 Å². The molecule has 3 aliphatic rings. The first kappa shape index (κ1) is 7.81. The number of hydrogen-bond acceptors (Lipinski definition) is 1. The molecule has 0 aromatic heterocycles. The summed E-state index contributed by atoms with van der Waals surface area (Å²) in [5, 5.41) is 0. The van der Waals surface area contributed by atoms with Gasteiger partial charge in [-0.05, 0) is 43.2 Å². The predicted molar refractivity (Wildman–Crippen MR) is 54.4 cm³/mol. The highest BCUT2D eigenvalue weighted by atomic mass is 15.2. The molecule has 0 aromatic rings. The van der Waals surface area contributed by atoms with Gasteiger partial charge in [-0.1, -0.05) is 18.2 Å². The lowest BCUT2D eigenvalue weighted by atomic mass is 10.0. The molecule has 2 atom stereocenters. The van der Waals surface area contributed by atoms with Gasteiger partial charge in [-0.15, -0.1) is 0 Å². The fourth-order valence-corrected chi connectivity index (χ4v) is 3.11. The van der Waals surface area contributed by atoms with Gasteiger partial charge in [0.05, 0.1) is 0 Å². The van der Waals surface area contributed by atoms with Crippen LogP contribution < -0.4 is 0 Å². The molecule has 2 fully saturated rings. The molecule has 1 nitrogen and oxygen atoms in total. The smallest absolute Gasteiger partial charge is 0.00160 e. The van der Waals surface area contributed by atoms with Crippen LogP contribution in [0.2, 0.25) is 0 Å². The quantitative estimate of drug-likeness (QED) is 0.589. The van der Waals surface area contributed by atoms with Crippen LogP contribution in [0.1, 0.15) is 12.8 Å². The van der Waals surface area contributed by atoms with Crippen LogP contribution in [0.15, 0.2) is 23.8 Å². The predicted octanol–water partition coefficient (Wildman–Crippen LogP) is 2.07. The Morgan fingerprint density at radius 1 is 1.23 bits per heavy atom. The molecule has 1 heterocycles. The zero-order chi connectivity index (χ0) is 8.84. The Bertz CT molecular complexity index is 265. The van der Waals surface area contributed by atoms with E-state index in [0.717, 1.165) is 17.8 Å². The standard InChI is InChI=1S/C12H17N/c1-13-7-10-11(8-13)12(10)9-5-3-2-4-6-9/h3,5-6,10-12H,2,4,7-8H2,1H3. The van der Waals surface area contributed by atoms with Crippen molar-refractivity contribution in [3.63, 3.8) is 0 Å². The van der Waals surface area contributed by atoms with Gasteiger partial charge in [0.1, 0.15) is 0 Å². The third kappa shape index (κ3) is 1.18. The third-order valence-corrected chi connectivity index (χ3v) is 3.79. The molecule has 2 unspecified atom stereocenters. The summed E-state index contributed by atoms with van der Waals surface area (Å²) in [4.78, 5) is 2.47. The van der Waals surface area contributed by atoms with Crippen LogP contribution >= 0.6 is 0 Å². The van der Waals surface area contributed by atoms with E-state index in [-0.39, 0.29) is 0 Å². The Morgan fingerprint density at radius 3 is 2.62 bits per heavy atom. The number of fused-ring (bicyclic) bond motifs is 1. The van der Waals surface area contributed by atoms with Crippen molar-refractivity contribution in [2.45, 2.75) is 12.8 Å². The molecule has 0 bridgehead atoms. The van der Waals surface area contributed by atoms with E-state index in [0.29, 0.717) is 0 Å². The zero-order valence-corrected chi connectivity index (χ0v) is 8.24. The molecule has 2 aliphatic carbocycles. The first-order valence-electron chi connectivity index (χ1n) is 5.41. The fraction of sp³-hybridized carbons (Fsp3) is 0.667. The highest BCUT2D eigenvalue weighted by molar-refractivity contribution is 5.33. The molecular weight excluding hydrogens is 158 g/mol. The first-order chi connectivity index (χ1) is 6.36. The molecule has 0 N–H and O–H groups in total. The maximum atomic E-state index is 2.47. The van der Waals surface area contributed by atoms with Gasteiger partial charge < -0.3 is 4.90 Å². The van der Waals surface area contributed by atoms with Gasteiger partial charge in [0.15, 0.2) is 0 Å². The Labute approximate surface area is 80.1 Å². The van der Waals surface area contributed by atoms with Crippen molar-refractivity contribution in [2.75, 3.05) is 20.1 Å². The second kappa shape index (κ2) is 2.71. The average molecular weight is 175 g/mol. The SMILES string of the molecule is CN1CC2C(C1)C2C1=CCCC=C1. The minimum absolute atomic E-state index is 0.938. The number of nitrogens with zero attached hydrogens (tertiary/aromatic N) is 1. The summed E-state index contributed by atoms with van der Waals surface area (Å²) in [5.41, 5.74) is 1.65. The van der Waals surface area contributed by atoms with Crippen LogP contribution in [-0.2, 0) is 0 Å². The van der Waals surface area contributed by atoms with Gasteiger partial charge >= 0.3 is 0 Å². The summed E-state index contributed by atoms with van der Waals surface area (Å²) in [7, 11) is 2.24. The van der Waals surface area contributed by atoms with E-state index >= 15 is 0 Å². The first-order valence-corrected chi connectivity index (χ1v) is 5.41. The molecule has 0 aromatic carbocycles. The maximum absolute atomic E-state index is 2.47. The van der Waals surface area contributed by atoms with E-state index in [4.69, 9.17) is 0 Å². The molecule has 1 saturated carbocycles. The lowest BCUT2D eigenvalue weighted by Gasteiger charge is -2.14. The topological polar surface area (TPSA) is 3.24 Å². The second-order valence-electron chi connectivity index (χ2n) is 4.76. The lowest BCUT2D eigenvalue weighted by molar-refractivity contribution is 0.355. The Morgan fingerprint density at radius 2 is 2.00 bits per heavy atom. The summed E-state index contributed by atoms with van der Waals surface area (Å²) >= 11 is 0. The van der Waals surface area contributed by atoms with Crippen molar-refractivity contribution in [1.82, 2.24) is 4.90 Å². The van der Waals surface area contributed by atoms with Crippen molar-refractivity contribution in [3.05, 3.63) is 23.8 Å². The number of hydrogen-bond donors (Lipinski definition) is 0. The largest absolute Gasteiger partial charge is 0.306 e. The number of likely N-dealkylation sites (tertiary alicyclic amines) is 1. The van der Waals surface area contributed by atoms with Crippen molar-refractivity contribution < 1.29 is 0 Å². The van der Waals surface area contributed by atoms with Crippen LogP contribution in [0, 0.1) is 17.8 Å². The average Bonchev–Trinajstić information content (AvgIpc) is 2.66. The van der Waals surface area contributed by atoms with E-state index in [1.807, 2.05) is 0 Å². The van der Waals surface area contributed by atoms with E-state index in [2.05, 4.69) is 30.2 Å². The van der Waals surface area contributed by atoms with Crippen molar-refractivity contribution >= 4 is 0 Å². The van der Waals surface area contributed by atoms with E-state index in [1.165, 1.54) is 25.9 Å². The number of allylic oxidation sites excluding steroid dienone is 4. The third-order valence-electron chi connectivity index (χ3n) is 3.79. The zero-order valence-electron chi connectivity index (χ0n) is 8.24. The highest BCUT2D eigenvalue weighted by Gasteiger charge is 2.55. The van der Waals surface area contributed by atoms with Crippen LogP contribution in [0.25, 0.3) is 0 Å². The van der Waals surface area contributed by atoms with Crippen molar-refractivity contribution in [3.8, 4) is 0 Å². The van der Waals surface area contributed by atoms with E-state index in [1.54, 1.807) is 5.57 Å². The summed E-state index contributed by atoms with van der Waals surface area (Å²) in [5.74, 6) is 2.94. The van der Waals surface area contributed by atoms with E-state index < -0.39 is 0 Å². The van der Waals surface area contributed by atoms with Crippen LogP contribution in [0.4, 0.5) is 0 Å². The molecule has 70 valence electrons. The highest BCUT2D eigenvalue weighted by Crippen LogP contribution is 2.55. The molecule has 0 radical (unpaired) electrons. The molecular formula is C12H17N. The minimum atomic E-state index is 0.938. The van der Waals surface area contributed by atoms with Gasteiger partial charge in [0.2, 0.25) is 0 Å². The summed E-state index contributed by atoms with van der Waals surface area (Å²) in [6, 6.07) is 0. The lowest BCUT2D eigenvalue weighted by Crippen LogP contribution is -2.19. The van der Waals surface area contributed by atoms with Crippen LogP contribution in [0.5, 0.6) is 0 Å². The molecule has 3 rings (SSSR count). The van der Waals surface area contributed by atoms with Crippen molar-refractivity contribution in [1.29, 1.82) is 0 Å². The minimum Gasteiger partial charge on any atom is -0.306 e. The summed E-state index contributed by atoms with van der Waals surface area (Å²) < 4.78 is 0.